The summed E-state index contributed by atoms with van der Waals surface area (Å²) in [5.74, 6) is 0.127. The Morgan fingerprint density at radius 3 is 2.83 bits per heavy atom. The Labute approximate surface area is 118 Å². The molecule has 2 nitrogen and oxygen atoms in total. The molecule has 0 spiro atoms. The number of Topliss-reactive ketones (excluding diaryl/α,β-unsaturated/α-hetero) is 1. The Morgan fingerprint density at radius 1 is 1.44 bits per heavy atom. The molecule has 1 saturated heterocycles. The Morgan fingerprint density at radius 2 is 2.22 bits per heavy atom. The molecule has 0 aromatic heterocycles. The van der Waals surface area contributed by atoms with Crippen LogP contribution in [0.25, 0.3) is 0 Å². The van der Waals surface area contributed by atoms with Crippen molar-refractivity contribution >= 4 is 29.0 Å². The Bertz CT molecular complexity index is 453. The Balaban J connectivity index is 2.37. The molecule has 0 radical (unpaired) electrons. The molecule has 0 aliphatic carbocycles. The van der Waals surface area contributed by atoms with Crippen molar-refractivity contribution in [3.8, 4) is 0 Å². The summed E-state index contributed by atoms with van der Waals surface area (Å²) in [6.07, 6.45) is 2.76. The average molecular weight is 286 g/mol. The van der Waals surface area contributed by atoms with Gasteiger partial charge in [0.25, 0.3) is 0 Å². The van der Waals surface area contributed by atoms with E-state index in [1.807, 2.05) is 0 Å². The summed E-state index contributed by atoms with van der Waals surface area (Å²) in [7, 11) is 0. The number of benzene rings is 1. The smallest absolute Gasteiger partial charge is 0.171 e. The van der Waals surface area contributed by atoms with Crippen LogP contribution in [0.4, 0.5) is 0 Å². The van der Waals surface area contributed by atoms with Crippen molar-refractivity contribution in [1.82, 2.24) is 5.32 Å². The first-order valence-electron chi connectivity index (χ1n) is 6.30. The highest BCUT2D eigenvalue weighted by atomic mass is 35.5. The lowest BCUT2D eigenvalue weighted by molar-refractivity contribution is 0.0802. The molecule has 18 heavy (non-hydrogen) atoms. The summed E-state index contributed by atoms with van der Waals surface area (Å²) in [6.45, 7) is 3.74. The molecular formula is C14H17Cl2NO. The van der Waals surface area contributed by atoms with Crippen LogP contribution in [0.2, 0.25) is 10.0 Å². The average Bonchev–Trinajstić information content (AvgIpc) is 2.82. The van der Waals surface area contributed by atoms with E-state index in [9.17, 15) is 4.79 Å². The normalized spacial score (nSPS) is 23.3. The van der Waals surface area contributed by atoms with Gasteiger partial charge in [-0.2, -0.15) is 0 Å². The lowest BCUT2D eigenvalue weighted by Crippen LogP contribution is -2.33. The zero-order chi connectivity index (χ0) is 13.2. The van der Waals surface area contributed by atoms with E-state index in [-0.39, 0.29) is 11.2 Å². The molecule has 1 aliphatic rings. The second-order valence-electron chi connectivity index (χ2n) is 4.89. The minimum absolute atomic E-state index is 0.127. The minimum atomic E-state index is -0.303. The number of rotatable bonds is 4. The fourth-order valence-corrected chi connectivity index (χ4v) is 3.09. The van der Waals surface area contributed by atoms with Crippen LogP contribution in [-0.4, -0.2) is 18.9 Å². The number of hydrogen-bond donors (Lipinski definition) is 1. The van der Waals surface area contributed by atoms with E-state index in [0.29, 0.717) is 15.6 Å². The van der Waals surface area contributed by atoms with E-state index in [4.69, 9.17) is 23.2 Å². The van der Waals surface area contributed by atoms with Gasteiger partial charge >= 0.3 is 0 Å². The van der Waals surface area contributed by atoms with Gasteiger partial charge in [0.05, 0.1) is 10.0 Å². The topological polar surface area (TPSA) is 29.1 Å². The van der Waals surface area contributed by atoms with Gasteiger partial charge in [-0.05, 0) is 31.5 Å². The van der Waals surface area contributed by atoms with E-state index < -0.39 is 0 Å². The van der Waals surface area contributed by atoms with Gasteiger partial charge in [-0.3, -0.25) is 4.79 Å². The fourth-order valence-electron chi connectivity index (χ4n) is 2.71. The second kappa shape index (κ2) is 5.60. The second-order valence-corrected chi connectivity index (χ2v) is 5.67. The first kappa shape index (κ1) is 13.9. The Hall–Kier alpha value is -0.570. The molecule has 1 fully saturated rings. The SMILES string of the molecule is CCCC1(C(=O)c2cccc(Cl)c2Cl)CCNC1. The predicted octanol–water partition coefficient (Wildman–Crippen LogP) is 3.96. The molecule has 1 aromatic rings. The van der Waals surface area contributed by atoms with E-state index in [0.717, 1.165) is 32.4 Å². The molecule has 1 aliphatic heterocycles. The third kappa shape index (κ3) is 2.42. The van der Waals surface area contributed by atoms with Crippen molar-refractivity contribution in [3.05, 3.63) is 33.8 Å². The zero-order valence-electron chi connectivity index (χ0n) is 10.4. The summed E-state index contributed by atoms with van der Waals surface area (Å²) in [5.41, 5.74) is 0.254. The standard InChI is InChI=1S/C14H17Cl2NO/c1-2-6-14(7-8-17-9-14)13(18)10-4-3-5-11(15)12(10)16/h3-5,17H,2,6-9H2,1H3. The van der Waals surface area contributed by atoms with Crippen LogP contribution in [0, 0.1) is 5.41 Å². The predicted molar refractivity (Wildman–Crippen MR) is 75.6 cm³/mol. The van der Waals surface area contributed by atoms with Crippen LogP contribution in [0.3, 0.4) is 0 Å². The number of carbonyl (C=O) groups excluding carboxylic acids is 1. The maximum Gasteiger partial charge on any atom is 0.171 e. The van der Waals surface area contributed by atoms with Crippen LogP contribution in [0.15, 0.2) is 18.2 Å². The van der Waals surface area contributed by atoms with Gasteiger partial charge in [0, 0.05) is 17.5 Å². The molecule has 98 valence electrons. The third-order valence-corrected chi connectivity index (χ3v) is 4.47. The summed E-state index contributed by atoms with van der Waals surface area (Å²) in [4.78, 5) is 12.7. The van der Waals surface area contributed by atoms with E-state index in [1.165, 1.54) is 0 Å². The van der Waals surface area contributed by atoms with Crippen molar-refractivity contribution in [3.63, 3.8) is 0 Å². The fraction of sp³-hybridized carbons (Fsp3) is 0.500. The van der Waals surface area contributed by atoms with Gasteiger partial charge in [-0.1, -0.05) is 42.6 Å². The first-order valence-corrected chi connectivity index (χ1v) is 7.06. The number of ketones is 1. The number of nitrogens with one attached hydrogen (secondary N) is 1. The molecule has 0 saturated carbocycles. The molecule has 1 aromatic carbocycles. The summed E-state index contributed by atoms with van der Waals surface area (Å²) in [6, 6.07) is 5.26. The van der Waals surface area contributed by atoms with Crippen molar-refractivity contribution in [2.45, 2.75) is 26.2 Å². The molecule has 2 rings (SSSR count). The van der Waals surface area contributed by atoms with Crippen LogP contribution in [0.1, 0.15) is 36.5 Å². The highest BCUT2D eigenvalue weighted by Gasteiger charge is 2.41. The maximum absolute atomic E-state index is 12.7. The number of hydrogen-bond acceptors (Lipinski definition) is 2. The van der Waals surface area contributed by atoms with Crippen LogP contribution >= 0.6 is 23.2 Å². The van der Waals surface area contributed by atoms with Gasteiger partial charge in [0.15, 0.2) is 5.78 Å². The largest absolute Gasteiger partial charge is 0.316 e. The van der Waals surface area contributed by atoms with Gasteiger partial charge in [0.2, 0.25) is 0 Å². The van der Waals surface area contributed by atoms with Gasteiger partial charge < -0.3 is 5.32 Å². The van der Waals surface area contributed by atoms with Crippen molar-refractivity contribution in [1.29, 1.82) is 0 Å². The molecule has 1 heterocycles. The monoisotopic (exact) mass is 285 g/mol. The lowest BCUT2D eigenvalue weighted by atomic mass is 9.76. The molecule has 1 N–H and O–H groups in total. The molecule has 1 unspecified atom stereocenters. The number of halogens is 2. The highest BCUT2D eigenvalue weighted by Crippen LogP contribution is 2.38. The van der Waals surface area contributed by atoms with Crippen molar-refractivity contribution in [2.75, 3.05) is 13.1 Å². The van der Waals surface area contributed by atoms with E-state index >= 15 is 0 Å². The minimum Gasteiger partial charge on any atom is -0.316 e. The molecular weight excluding hydrogens is 269 g/mol. The lowest BCUT2D eigenvalue weighted by Gasteiger charge is -2.26. The van der Waals surface area contributed by atoms with Crippen molar-refractivity contribution < 1.29 is 4.79 Å². The molecule has 0 amide bonds. The molecule has 1 atom stereocenters. The zero-order valence-corrected chi connectivity index (χ0v) is 11.9. The maximum atomic E-state index is 12.7. The van der Waals surface area contributed by atoms with Gasteiger partial charge in [-0.25, -0.2) is 0 Å². The van der Waals surface area contributed by atoms with Gasteiger partial charge in [-0.15, -0.1) is 0 Å². The van der Waals surface area contributed by atoms with Crippen LogP contribution in [0.5, 0.6) is 0 Å². The quantitative estimate of drug-likeness (QED) is 0.849. The van der Waals surface area contributed by atoms with Gasteiger partial charge in [0.1, 0.15) is 0 Å². The van der Waals surface area contributed by atoms with Crippen LogP contribution < -0.4 is 5.32 Å². The molecule has 0 bridgehead atoms. The first-order chi connectivity index (χ1) is 8.60. The molecule has 4 heteroatoms. The summed E-state index contributed by atoms with van der Waals surface area (Å²) in [5, 5.41) is 4.11. The van der Waals surface area contributed by atoms with E-state index in [1.54, 1.807) is 18.2 Å². The van der Waals surface area contributed by atoms with E-state index in [2.05, 4.69) is 12.2 Å². The van der Waals surface area contributed by atoms with Crippen LogP contribution in [-0.2, 0) is 0 Å². The van der Waals surface area contributed by atoms with Crippen molar-refractivity contribution in [2.24, 2.45) is 5.41 Å². The number of carbonyl (C=O) groups is 1. The summed E-state index contributed by atoms with van der Waals surface area (Å²) < 4.78 is 0. The Kier molecular flexibility index (Phi) is 4.31. The third-order valence-electron chi connectivity index (χ3n) is 3.65. The summed E-state index contributed by atoms with van der Waals surface area (Å²) >= 11 is 12.1. The highest BCUT2D eigenvalue weighted by molar-refractivity contribution is 6.44.